The van der Waals surface area contributed by atoms with Gasteiger partial charge in [-0.05, 0) is 17.5 Å². The Balaban J connectivity index is 2.71. The first-order valence-corrected chi connectivity index (χ1v) is 8.06. The Morgan fingerprint density at radius 1 is 1.32 bits per heavy atom. The van der Waals surface area contributed by atoms with Gasteiger partial charge < -0.3 is 0 Å². The minimum Gasteiger partial charge on any atom is -0.265 e. The monoisotopic (exact) mass is 355 g/mol. The van der Waals surface area contributed by atoms with Crippen LogP contribution in [0, 0.1) is 0 Å². The molecule has 0 unspecified atom stereocenters. The van der Waals surface area contributed by atoms with Crippen LogP contribution in [-0.2, 0) is 17.1 Å². The van der Waals surface area contributed by atoms with Crippen LogP contribution in [0.25, 0.3) is 10.9 Å². The number of nitrogens with one attached hydrogen (secondary N) is 1. The van der Waals surface area contributed by atoms with Crippen LogP contribution in [-0.4, -0.2) is 23.7 Å². The standard InChI is InChI=1S/C12H13ClF3N3O2S/c1-6(2)7-4-5-8(13)9-10(7)19(3)17-11(9)18-22(20,21)12(14,15)16/h4-6H,1-3H3,(H,17,18). The van der Waals surface area contributed by atoms with E-state index in [9.17, 15) is 21.6 Å². The third-order valence-electron chi connectivity index (χ3n) is 3.13. The van der Waals surface area contributed by atoms with Gasteiger partial charge in [-0.2, -0.15) is 26.7 Å². The van der Waals surface area contributed by atoms with Crippen molar-refractivity contribution in [2.24, 2.45) is 7.05 Å². The second-order valence-corrected chi connectivity index (χ2v) is 7.12. The molecule has 0 fully saturated rings. The maximum atomic E-state index is 12.5. The number of fused-ring (bicyclic) bond motifs is 1. The fourth-order valence-electron chi connectivity index (χ4n) is 2.13. The molecule has 0 aliphatic carbocycles. The van der Waals surface area contributed by atoms with Gasteiger partial charge in [0.1, 0.15) is 0 Å². The molecule has 122 valence electrons. The van der Waals surface area contributed by atoms with E-state index in [4.69, 9.17) is 11.6 Å². The summed E-state index contributed by atoms with van der Waals surface area (Å²) in [4.78, 5) is 0. The maximum Gasteiger partial charge on any atom is 0.516 e. The molecule has 1 N–H and O–H groups in total. The Labute approximate surface area is 130 Å². The number of sulfonamides is 1. The van der Waals surface area contributed by atoms with Gasteiger partial charge in [0, 0.05) is 7.05 Å². The van der Waals surface area contributed by atoms with Crippen molar-refractivity contribution in [2.45, 2.75) is 25.3 Å². The number of anilines is 1. The largest absolute Gasteiger partial charge is 0.516 e. The summed E-state index contributed by atoms with van der Waals surface area (Å²) >= 11 is 6.03. The van der Waals surface area contributed by atoms with Gasteiger partial charge in [0.05, 0.1) is 15.9 Å². The van der Waals surface area contributed by atoms with Crippen molar-refractivity contribution >= 4 is 38.3 Å². The van der Waals surface area contributed by atoms with Gasteiger partial charge in [-0.3, -0.25) is 9.40 Å². The summed E-state index contributed by atoms with van der Waals surface area (Å²) in [5, 5.41) is 4.09. The third kappa shape index (κ3) is 2.74. The van der Waals surface area contributed by atoms with Crippen LogP contribution in [0.5, 0.6) is 0 Å². The molecule has 2 aromatic rings. The Morgan fingerprint density at radius 3 is 2.41 bits per heavy atom. The van der Waals surface area contributed by atoms with E-state index in [2.05, 4.69) is 5.10 Å². The van der Waals surface area contributed by atoms with Gasteiger partial charge in [-0.15, -0.1) is 0 Å². The van der Waals surface area contributed by atoms with Crippen LogP contribution >= 0.6 is 11.6 Å². The topological polar surface area (TPSA) is 64.0 Å². The number of aromatic nitrogens is 2. The zero-order valence-electron chi connectivity index (χ0n) is 11.9. The molecular weight excluding hydrogens is 343 g/mol. The van der Waals surface area contributed by atoms with Crippen molar-refractivity contribution < 1.29 is 21.6 Å². The molecule has 0 aliphatic heterocycles. The first kappa shape index (κ1) is 16.9. The summed E-state index contributed by atoms with van der Waals surface area (Å²) in [6.07, 6.45) is 0. The Bertz CT molecular complexity index is 828. The molecule has 0 aliphatic rings. The van der Waals surface area contributed by atoms with Crippen molar-refractivity contribution in [3.05, 3.63) is 22.7 Å². The molecule has 10 heteroatoms. The normalized spacial score (nSPS) is 13.1. The van der Waals surface area contributed by atoms with E-state index in [0.29, 0.717) is 5.52 Å². The predicted octanol–water partition coefficient (Wildman–Crippen LogP) is 3.61. The fourth-order valence-corrected chi connectivity index (χ4v) is 2.88. The van der Waals surface area contributed by atoms with E-state index in [0.717, 1.165) is 5.56 Å². The van der Waals surface area contributed by atoms with Crippen molar-refractivity contribution in [1.29, 1.82) is 0 Å². The summed E-state index contributed by atoms with van der Waals surface area (Å²) < 4.78 is 62.9. The summed E-state index contributed by atoms with van der Waals surface area (Å²) in [5.74, 6) is -0.385. The molecule has 0 saturated carbocycles. The lowest BCUT2D eigenvalue weighted by molar-refractivity contribution is -0.0429. The molecule has 0 amide bonds. The number of hydrogen-bond acceptors (Lipinski definition) is 3. The molecule has 1 heterocycles. The van der Waals surface area contributed by atoms with Crippen molar-refractivity contribution in [3.8, 4) is 0 Å². The zero-order valence-corrected chi connectivity index (χ0v) is 13.4. The maximum absolute atomic E-state index is 12.5. The van der Waals surface area contributed by atoms with E-state index in [-0.39, 0.29) is 16.3 Å². The first-order chi connectivity index (χ1) is 9.95. The average Bonchev–Trinajstić information content (AvgIpc) is 2.65. The molecule has 0 saturated heterocycles. The molecule has 0 bridgehead atoms. The van der Waals surface area contributed by atoms with Crippen molar-refractivity contribution in [3.63, 3.8) is 0 Å². The number of benzene rings is 1. The summed E-state index contributed by atoms with van der Waals surface area (Å²) in [6, 6.07) is 3.24. The van der Waals surface area contributed by atoms with E-state index in [1.807, 2.05) is 13.8 Å². The van der Waals surface area contributed by atoms with Crippen LogP contribution in [0.1, 0.15) is 25.3 Å². The molecule has 0 spiro atoms. The van der Waals surface area contributed by atoms with Gasteiger partial charge in [0.15, 0.2) is 5.82 Å². The van der Waals surface area contributed by atoms with Crippen molar-refractivity contribution in [2.75, 3.05) is 4.72 Å². The van der Waals surface area contributed by atoms with Gasteiger partial charge >= 0.3 is 15.5 Å². The second kappa shape index (κ2) is 5.31. The molecule has 1 aromatic carbocycles. The van der Waals surface area contributed by atoms with E-state index >= 15 is 0 Å². The minimum absolute atomic E-state index is 0.0576. The van der Waals surface area contributed by atoms with Gasteiger partial charge in [-0.1, -0.05) is 31.5 Å². The summed E-state index contributed by atoms with van der Waals surface area (Å²) in [5.41, 5.74) is -4.15. The highest BCUT2D eigenvalue weighted by atomic mass is 35.5. The SMILES string of the molecule is CC(C)c1ccc(Cl)c2c(NS(=O)(=O)C(F)(F)F)nn(C)c12. The quantitative estimate of drug-likeness (QED) is 0.914. The molecule has 22 heavy (non-hydrogen) atoms. The number of halogens is 4. The Morgan fingerprint density at radius 2 is 1.91 bits per heavy atom. The average molecular weight is 356 g/mol. The summed E-state index contributed by atoms with van der Waals surface area (Å²) in [6.45, 7) is 3.80. The van der Waals surface area contributed by atoms with Crippen LogP contribution in [0.2, 0.25) is 5.02 Å². The summed E-state index contributed by atoms with van der Waals surface area (Å²) in [7, 11) is -4.05. The number of rotatable bonds is 3. The van der Waals surface area contributed by atoms with Crippen molar-refractivity contribution in [1.82, 2.24) is 9.78 Å². The fraction of sp³-hybridized carbons (Fsp3) is 0.417. The second-order valence-electron chi connectivity index (χ2n) is 5.04. The first-order valence-electron chi connectivity index (χ1n) is 6.20. The van der Waals surface area contributed by atoms with E-state index in [1.165, 1.54) is 22.5 Å². The van der Waals surface area contributed by atoms with E-state index in [1.54, 1.807) is 6.07 Å². The van der Waals surface area contributed by atoms with Gasteiger partial charge in [0.25, 0.3) is 0 Å². The zero-order chi connectivity index (χ0) is 16.9. The highest BCUT2D eigenvalue weighted by Crippen LogP contribution is 2.36. The van der Waals surface area contributed by atoms with Crippen LogP contribution in [0.3, 0.4) is 0 Å². The third-order valence-corrected chi connectivity index (χ3v) is 4.51. The van der Waals surface area contributed by atoms with Crippen LogP contribution < -0.4 is 4.72 Å². The Kier molecular flexibility index (Phi) is 4.07. The highest BCUT2D eigenvalue weighted by molar-refractivity contribution is 7.93. The molecular formula is C12H13ClF3N3O2S. The number of alkyl halides is 3. The highest BCUT2D eigenvalue weighted by Gasteiger charge is 2.46. The lowest BCUT2D eigenvalue weighted by Crippen LogP contribution is -2.30. The number of aryl methyl sites for hydroxylation is 1. The number of hydrogen-bond donors (Lipinski definition) is 1. The minimum atomic E-state index is -5.56. The van der Waals surface area contributed by atoms with Crippen LogP contribution in [0.4, 0.5) is 19.0 Å². The Hall–Kier alpha value is -1.48. The molecule has 5 nitrogen and oxygen atoms in total. The molecule has 1 aromatic heterocycles. The van der Waals surface area contributed by atoms with Crippen LogP contribution in [0.15, 0.2) is 12.1 Å². The molecule has 0 atom stereocenters. The van der Waals surface area contributed by atoms with Gasteiger partial charge in [-0.25, -0.2) is 0 Å². The van der Waals surface area contributed by atoms with Gasteiger partial charge in [0.2, 0.25) is 0 Å². The molecule has 2 rings (SSSR count). The van der Waals surface area contributed by atoms with E-state index < -0.39 is 21.3 Å². The lowest BCUT2D eigenvalue weighted by atomic mass is 10.0. The lowest BCUT2D eigenvalue weighted by Gasteiger charge is -2.10. The number of nitrogens with zero attached hydrogens (tertiary/aromatic N) is 2. The smallest absolute Gasteiger partial charge is 0.265 e. The molecule has 0 radical (unpaired) electrons. The predicted molar refractivity (Wildman–Crippen MR) is 78.4 cm³/mol.